The second-order valence-corrected chi connectivity index (χ2v) is 5.42. The quantitative estimate of drug-likeness (QED) is 0.771. The zero-order chi connectivity index (χ0) is 14.5. The Hall–Kier alpha value is -1.68. The zero-order valence-electron chi connectivity index (χ0n) is 11.5. The number of hydrogen-bond acceptors (Lipinski definition) is 3. The summed E-state index contributed by atoms with van der Waals surface area (Å²) in [5.41, 5.74) is 2.22. The van der Waals surface area contributed by atoms with Gasteiger partial charge in [-0.25, -0.2) is 0 Å². The topological polar surface area (TPSA) is 39.2 Å². The molecule has 0 saturated heterocycles. The maximum Gasteiger partial charge on any atom is 0.195 e. The number of benzene rings is 1. The van der Waals surface area contributed by atoms with Crippen LogP contribution >= 0.6 is 15.9 Å². The predicted octanol–water partition coefficient (Wildman–Crippen LogP) is 4.17. The first-order valence-corrected chi connectivity index (χ1v) is 7.30. The molecule has 0 unspecified atom stereocenters. The summed E-state index contributed by atoms with van der Waals surface area (Å²) < 4.78 is 6.29. The van der Waals surface area contributed by atoms with Crippen LogP contribution in [0.2, 0.25) is 0 Å². The molecular weight excluding hydrogens is 318 g/mol. The largest absolute Gasteiger partial charge is 0.492 e. The summed E-state index contributed by atoms with van der Waals surface area (Å²) in [7, 11) is 0. The van der Waals surface area contributed by atoms with Crippen molar-refractivity contribution in [2.24, 2.45) is 0 Å². The third kappa shape index (κ3) is 3.45. The number of pyridine rings is 1. The van der Waals surface area contributed by atoms with Crippen molar-refractivity contribution in [2.45, 2.75) is 20.3 Å². The highest BCUT2D eigenvalue weighted by atomic mass is 79.9. The van der Waals surface area contributed by atoms with E-state index in [1.807, 2.05) is 32.0 Å². The number of hydrogen-bond donors (Lipinski definition) is 0. The minimum atomic E-state index is -0.0602. The van der Waals surface area contributed by atoms with E-state index < -0.39 is 0 Å². The van der Waals surface area contributed by atoms with E-state index in [1.165, 1.54) is 0 Å². The molecule has 3 nitrogen and oxygen atoms in total. The monoisotopic (exact) mass is 333 g/mol. The van der Waals surface area contributed by atoms with Crippen molar-refractivity contribution in [1.29, 1.82) is 0 Å². The molecule has 0 spiro atoms. The van der Waals surface area contributed by atoms with Crippen molar-refractivity contribution in [3.63, 3.8) is 0 Å². The normalized spacial score (nSPS) is 10.3. The predicted molar refractivity (Wildman–Crippen MR) is 82.3 cm³/mol. The van der Waals surface area contributed by atoms with Crippen molar-refractivity contribution in [3.8, 4) is 5.75 Å². The van der Waals surface area contributed by atoms with Gasteiger partial charge in [0.25, 0.3) is 0 Å². The van der Waals surface area contributed by atoms with Crippen LogP contribution in [0.25, 0.3) is 0 Å². The van der Waals surface area contributed by atoms with E-state index in [4.69, 9.17) is 4.74 Å². The zero-order valence-corrected chi connectivity index (χ0v) is 13.1. The van der Waals surface area contributed by atoms with Gasteiger partial charge in [-0.2, -0.15) is 0 Å². The van der Waals surface area contributed by atoms with E-state index in [-0.39, 0.29) is 5.78 Å². The standard InChI is InChI=1S/C16H16BrNO2/c1-3-6-20-13-8-12(9-18-10-13)16(19)14-7-11(2)4-5-15(14)17/h4-5,7-10H,3,6H2,1-2H3. The Morgan fingerprint density at radius 2 is 2.10 bits per heavy atom. The molecule has 1 aromatic carbocycles. The summed E-state index contributed by atoms with van der Waals surface area (Å²) >= 11 is 3.42. The van der Waals surface area contributed by atoms with Crippen LogP contribution in [-0.2, 0) is 0 Å². The Kier molecular flexibility index (Phi) is 4.90. The van der Waals surface area contributed by atoms with E-state index >= 15 is 0 Å². The summed E-state index contributed by atoms with van der Waals surface area (Å²) in [5, 5.41) is 0. The first-order valence-electron chi connectivity index (χ1n) is 6.50. The van der Waals surface area contributed by atoms with Gasteiger partial charge in [-0.15, -0.1) is 0 Å². The first kappa shape index (κ1) is 14.7. The van der Waals surface area contributed by atoms with Gasteiger partial charge in [0.05, 0.1) is 12.8 Å². The Balaban J connectivity index is 2.31. The fraction of sp³-hybridized carbons (Fsp3) is 0.250. The first-order chi connectivity index (χ1) is 9.61. The van der Waals surface area contributed by atoms with Gasteiger partial charge in [0.15, 0.2) is 5.78 Å². The van der Waals surface area contributed by atoms with Gasteiger partial charge < -0.3 is 4.74 Å². The molecule has 0 N–H and O–H groups in total. The highest BCUT2D eigenvalue weighted by Gasteiger charge is 2.14. The van der Waals surface area contributed by atoms with Crippen molar-refractivity contribution in [3.05, 3.63) is 57.8 Å². The Bertz CT molecular complexity index is 626. The van der Waals surface area contributed by atoms with Crippen molar-refractivity contribution in [2.75, 3.05) is 6.61 Å². The van der Waals surface area contributed by atoms with Crippen molar-refractivity contribution in [1.82, 2.24) is 4.98 Å². The number of aromatic nitrogens is 1. The third-order valence-electron chi connectivity index (χ3n) is 2.81. The smallest absolute Gasteiger partial charge is 0.195 e. The molecule has 4 heteroatoms. The van der Waals surface area contributed by atoms with Gasteiger partial charge in [-0.1, -0.05) is 34.5 Å². The number of rotatable bonds is 5. The highest BCUT2D eigenvalue weighted by molar-refractivity contribution is 9.10. The van der Waals surface area contributed by atoms with Gasteiger partial charge in [0, 0.05) is 21.8 Å². The number of carbonyl (C=O) groups excluding carboxylic acids is 1. The van der Waals surface area contributed by atoms with Crippen molar-refractivity contribution >= 4 is 21.7 Å². The maximum absolute atomic E-state index is 12.5. The highest BCUT2D eigenvalue weighted by Crippen LogP contribution is 2.22. The van der Waals surface area contributed by atoms with Crippen LogP contribution < -0.4 is 4.74 Å². The molecule has 1 heterocycles. The SMILES string of the molecule is CCCOc1cncc(C(=O)c2cc(C)ccc2Br)c1. The Morgan fingerprint density at radius 3 is 2.85 bits per heavy atom. The molecule has 0 amide bonds. The van der Waals surface area contributed by atoms with Crippen LogP contribution in [0.15, 0.2) is 41.1 Å². The van der Waals surface area contributed by atoms with Crippen LogP contribution in [-0.4, -0.2) is 17.4 Å². The number of aryl methyl sites for hydroxylation is 1. The lowest BCUT2D eigenvalue weighted by molar-refractivity contribution is 0.103. The van der Waals surface area contributed by atoms with E-state index in [9.17, 15) is 4.79 Å². The number of ether oxygens (including phenoxy) is 1. The lowest BCUT2D eigenvalue weighted by Crippen LogP contribution is -2.04. The van der Waals surface area contributed by atoms with Crippen LogP contribution in [0.1, 0.15) is 34.8 Å². The number of halogens is 1. The summed E-state index contributed by atoms with van der Waals surface area (Å²) in [6.45, 7) is 4.61. The summed E-state index contributed by atoms with van der Waals surface area (Å²) in [4.78, 5) is 16.6. The van der Waals surface area contributed by atoms with E-state index in [1.54, 1.807) is 18.5 Å². The molecule has 2 rings (SSSR count). The van der Waals surface area contributed by atoms with Gasteiger partial charge in [-0.05, 0) is 31.5 Å². The molecule has 20 heavy (non-hydrogen) atoms. The molecule has 104 valence electrons. The molecule has 0 radical (unpaired) electrons. The molecule has 1 aromatic heterocycles. The number of nitrogens with zero attached hydrogens (tertiary/aromatic N) is 1. The van der Waals surface area contributed by atoms with Crippen LogP contribution in [0.5, 0.6) is 5.75 Å². The molecule has 0 atom stereocenters. The van der Waals surface area contributed by atoms with E-state index in [2.05, 4.69) is 20.9 Å². The number of carbonyl (C=O) groups is 1. The van der Waals surface area contributed by atoms with Gasteiger partial charge in [-0.3, -0.25) is 9.78 Å². The second-order valence-electron chi connectivity index (χ2n) is 4.57. The molecule has 0 fully saturated rings. The lowest BCUT2D eigenvalue weighted by atomic mass is 10.0. The molecule has 0 saturated carbocycles. The summed E-state index contributed by atoms with van der Waals surface area (Å²) in [6, 6.07) is 7.44. The van der Waals surface area contributed by atoms with E-state index in [0.717, 1.165) is 16.5 Å². The molecule has 0 aliphatic carbocycles. The molecular formula is C16H16BrNO2. The average molecular weight is 334 g/mol. The third-order valence-corrected chi connectivity index (χ3v) is 3.51. The van der Waals surface area contributed by atoms with Crippen LogP contribution in [0.3, 0.4) is 0 Å². The molecule has 0 bridgehead atoms. The fourth-order valence-corrected chi connectivity index (χ4v) is 2.24. The van der Waals surface area contributed by atoms with Crippen molar-refractivity contribution < 1.29 is 9.53 Å². The Labute approximate surface area is 127 Å². The Morgan fingerprint density at radius 1 is 1.30 bits per heavy atom. The van der Waals surface area contributed by atoms with Gasteiger partial charge in [0.2, 0.25) is 0 Å². The van der Waals surface area contributed by atoms with Gasteiger partial charge in [0.1, 0.15) is 5.75 Å². The summed E-state index contributed by atoms with van der Waals surface area (Å²) in [6.07, 6.45) is 4.11. The maximum atomic E-state index is 12.5. The minimum absolute atomic E-state index is 0.0602. The molecule has 2 aromatic rings. The van der Waals surface area contributed by atoms with Crippen LogP contribution in [0.4, 0.5) is 0 Å². The lowest BCUT2D eigenvalue weighted by Gasteiger charge is -2.07. The average Bonchev–Trinajstić information content (AvgIpc) is 2.47. The number of ketones is 1. The summed E-state index contributed by atoms with van der Waals surface area (Å²) in [5.74, 6) is 0.566. The molecule has 0 aliphatic heterocycles. The fourth-order valence-electron chi connectivity index (χ4n) is 1.81. The van der Waals surface area contributed by atoms with Gasteiger partial charge >= 0.3 is 0 Å². The molecule has 0 aliphatic rings. The van der Waals surface area contributed by atoms with E-state index in [0.29, 0.717) is 23.5 Å². The minimum Gasteiger partial charge on any atom is -0.492 e. The second kappa shape index (κ2) is 6.66. The van der Waals surface area contributed by atoms with Crippen LogP contribution in [0, 0.1) is 6.92 Å².